The van der Waals surface area contributed by atoms with E-state index >= 15 is 0 Å². The number of nitrogens with one attached hydrogen (secondary N) is 2. The third-order valence-electron chi connectivity index (χ3n) is 4.76. The maximum absolute atomic E-state index is 12.7. The summed E-state index contributed by atoms with van der Waals surface area (Å²) in [4.78, 5) is 12.7. The van der Waals surface area contributed by atoms with Crippen LogP contribution in [0.3, 0.4) is 0 Å². The van der Waals surface area contributed by atoms with Gasteiger partial charge in [-0.2, -0.15) is 16.5 Å². The Bertz CT molecular complexity index is 720. The van der Waals surface area contributed by atoms with Crippen LogP contribution < -0.4 is 10.0 Å². The van der Waals surface area contributed by atoms with E-state index in [0.29, 0.717) is 18.1 Å². The fourth-order valence-electron chi connectivity index (χ4n) is 3.32. The molecule has 150 valence electrons. The highest BCUT2D eigenvalue weighted by Crippen LogP contribution is 2.23. The molecule has 0 saturated heterocycles. The lowest BCUT2D eigenvalue weighted by atomic mass is 9.87. The van der Waals surface area contributed by atoms with Crippen LogP contribution in [0.4, 0.5) is 0 Å². The summed E-state index contributed by atoms with van der Waals surface area (Å²) in [7, 11) is -3.71. The summed E-state index contributed by atoms with van der Waals surface area (Å²) < 4.78 is 27.4. The minimum atomic E-state index is -3.71. The molecule has 5 nitrogen and oxygen atoms in total. The highest BCUT2D eigenvalue weighted by molar-refractivity contribution is 7.98. The van der Waals surface area contributed by atoms with Gasteiger partial charge in [0.15, 0.2) is 0 Å². The van der Waals surface area contributed by atoms with E-state index in [2.05, 4.69) is 17.0 Å². The van der Waals surface area contributed by atoms with Gasteiger partial charge in [-0.3, -0.25) is 4.79 Å². The van der Waals surface area contributed by atoms with E-state index in [1.807, 2.05) is 36.6 Å². The summed E-state index contributed by atoms with van der Waals surface area (Å²) in [6.07, 6.45) is 8.17. The van der Waals surface area contributed by atoms with Crippen LogP contribution in [-0.4, -0.2) is 38.4 Å². The molecule has 0 heterocycles. The van der Waals surface area contributed by atoms with Gasteiger partial charge in [-0.05, 0) is 48.8 Å². The average Bonchev–Trinajstić information content (AvgIpc) is 2.64. The molecule has 2 rings (SSSR count). The van der Waals surface area contributed by atoms with Crippen molar-refractivity contribution in [3.63, 3.8) is 0 Å². The molecule has 1 fully saturated rings. The number of rotatable bonds is 9. The Morgan fingerprint density at radius 3 is 2.70 bits per heavy atom. The SMILES string of the molecule is CSCCC(NS(=O)(=O)/C=C/c1ccccc1)C(=O)NC1CCCC(C)C1. The number of thioether (sulfide) groups is 1. The highest BCUT2D eigenvalue weighted by atomic mass is 32.2. The van der Waals surface area contributed by atoms with Crippen LogP contribution in [0.1, 0.15) is 44.6 Å². The molecule has 1 saturated carbocycles. The van der Waals surface area contributed by atoms with Crippen molar-refractivity contribution in [2.24, 2.45) is 5.92 Å². The minimum absolute atomic E-state index is 0.141. The van der Waals surface area contributed by atoms with E-state index in [0.717, 1.165) is 30.2 Å². The van der Waals surface area contributed by atoms with Crippen LogP contribution in [0, 0.1) is 5.92 Å². The topological polar surface area (TPSA) is 75.3 Å². The molecule has 27 heavy (non-hydrogen) atoms. The number of amides is 1. The van der Waals surface area contributed by atoms with Crippen molar-refractivity contribution in [2.75, 3.05) is 12.0 Å². The van der Waals surface area contributed by atoms with Crippen LogP contribution in [-0.2, 0) is 14.8 Å². The van der Waals surface area contributed by atoms with Crippen LogP contribution in [0.5, 0.6) is 0 Å². The van der Waals surface area contributed by atoms with Crippen molar-refractivity contribution in [2.45, 2.75) is 51.1 Å². The molecule has 2 N–H and O–H groups in total. The van der Waals surface area contributed by atoms with Gasteiger partial charge in [0.05, 0.1) is 0 Å². The third-order valence-corrected chi connectivity index (χ3v) is 6.51. The summed E-state index contributed by atoms with van der Waals surface area (Å²) in [6.45, 7) is 2.20. The standard InChI is InChI=1S/C20H30N2O3S2/c1-16-7-6-10-18(15-16)21-20(23)19(11-13-26-2)22-27(24,25)14-12-17-8-4-3-5-9-17/h3-5,8-9,12,14,16,18-19,22H,6-7,10-11,13,15H2,1-2H3,(H,21,23)/b14-12+. The predicted octanol–water partition coefficient (Wildman–Crippen LogP) is 3.39. The lowest BCUT2D eigenvalue weighted by molar-refractivity contribution is -0.123. The van der Waals surface area contributed by atoms with Gasteiger partial charge in [-0.1, -0.05) is 50.1 Å². The van der Waals surface area contributed by atoms with E-state index in [4.69, 9.17) is 0 Å². The lowest BCUT2D eigenvalue weighted by Crippen LogP contribution is -2.50. The first kappa shape index (κ1) is 22.0. The monoisotopic (exact) mass is 410 g/mol. The van der Waals surface area contributed by atoms with E-state index < -0.39 is 16.1 Å². The molecular weight excluding hydrogens is 380 g/mol. The van der Waals surface area contributed by atoms with Gasteiger partial charge in [0, 0.05) is 11.4 Å². The van der Waals surface area contributed by atoms with E-state index in [-0.39, 0.29) is 11.9 Å². The fraction of sp³-hybridized carbons (Fsp3) is 0.550. The maximum Gasteiger partial charge on any atom is 0.238 e. The van der Waals surface area contributed by atoms with Crippen molar-refractivity contribution in [3.05, 3.63) is 41.3 Å². The highest BCUT2D eigenvalue weighted by Gasteiger charge is 2.27. The van der Waals surface area contributed by atoms with E-state index in [9.17, 15) is 13.2 Å². The van der Waals surface area contributed by atoms with Crippen LogP contribution in [0.25, 0.3) is 6.08 Å². The molecule has 0 bridgehead atoms. The van der Waals surface area contributed by atoms with Gasteiger partial charge in [0.1, 0.15) is 6.04 Å². The largest absolute Gasteiger partial charge is 0.352 e. The number of sulfonamides is 1. The van der Waals surface area contributed by atoms with E-state index in [1.165, 1.54) is 12.5 Å². The molecule has 1 aliphatic rings. The summed E-state index contributed by atoms with van der Waals surface area (Å²) in [5, 5.41) is 4.18. The Morgan fingerprint density at radius 2 is 2.04 bits per heavy atom. The number of hydrogen-bond donors (Lipinski definition) is 2. The Labute approximate surface area is 167 Å². The second kappa shape index (κ2) is 10.9. The van der Waals surface area contributed by atoms with Crippen LogP contribution in [0.15, 0.2) is 35.7 Å². The zero-order valence-corrected chi connectivity index (χ0v) is 17.7. The molecule has 7 heteroatoms. The number of carbonyl (C=O) groups excluding carboxylic acids is 1. The summed E-state index contributed by atoms with van der Waals surface area (Å²) in [6, 6.07) is 8.61. The van der Waals surface area contributed by atoms with Gasteiger partial charge in [0.25, 0.3) is 0 Å². The third kappa shape index (κ3) is 8.07. The first-order valence-corrected chi connectivity index (χ1v) is 12.4. The zero-order chi connectivity index (χ0) is 19.7. The van der Waals surface area contributed by atoms with Gasteiger partial charge in [-0.25, -0.2) is 8.42 Å². The molecule has 3 atom stereocenters. The van der Waals surface area contributed by atoms with Gasteiger partial charge in [-0.15, -0.1) is 0 Å². The average molecular weight is 411 g/mol. The van der Waals surface area contributed by atoms with Crippen molar-refractivity contribution in [3.8, 4) is 0 Å². The summed E-state index contributed by atoms with van der Waals surface area (Å²) in [5.74, 6) is 1.09. The fourth-order valence-corrected chi connectivity index (χ4v) is 4.82. The van der Waals surface area contributed by atoms with E-state index in [1.54, 1.807) is 11.8 Å². The minimum Gasteiger partial charge on any atom is -0.352 e. The van der Waals surface area contributed by atoms with Gasteiger partial charge in [0.2, 0.25) is 15.9 Å². The molecule has 3 unspecified atom stereocenters. The molecule has 1 aliphatic carbocycles. The summed E-state index contributed by atoms with van der Waals surface area (Å²) in [5.41, 5.74) is 0.796. The normalized spacial score (nSPS) is 21.9. The second-order valence-corrected chi connectivity index (χ2v) is 9.77. The van der Waals surface area contributed by atoms with Gasteiger partial charge >= 0.3 is 0 Å². The first-order chi connectivity index (χ1) is 12.9. The number of carbonyl (C=O) groups is 1. The van der Waals surface area contributed by atoms with Crippen molar-refractivity contribution in [1.29, 1.82) is 0 Å². The first-order valence-electron chi connectivity index (χ1n) is 9.44. The Balaban J connectivity index is 2.01. The Kier molecular flexibility index (Phi) is 8.86. The molecule has 1 amide bonds. The molecular formula is C20H30N2O3S2. The summed E-state index contributed by atoms with van der Waals surface area (Å²) >= 11 is 1.60. The quantitative estimate of drug-likeness (QED) is 0.654. The molecule has 1 aromatic carbocycles. The lowest BCUT2D eigenvalue weighted by Gasteiger charge is -2.29. The second-order valence-electron chi connectivity index (χ2n) is 7.19. The molecule has 0 spiro atoms. The zero-order valence-electron chi connectivity index (χ0n) is 16.1. The predicted molar refractivity (Wildman–Crippen MR) is 114 cm³/mol. The van der Waals surface area contributed by atoms with Crippen LogP contribution >= 0.6 is 11.8 Å². The number of hydrogen-bond acceptors (Lipinski definition) is 4. The Hall–Kier alpha value is -1.31. The molecule has 0 aliphatic heterocycles. The Morgan fingerprint density at radius 1 is 1.30 bits per heavy atom. The van der Waals surface area contributed by atoms with Gasteiger partial charge < -0.3 is 5.32 Å². The van der Waals surface area contributed by atoms with Crippen LogP contribution in [0.2, 0.25) is 0 Å². The smallest absolute Gasteiger partial charge is 0.238 e. The van der Waals surface area contributed by atoms with Crippen molar-refractivity contribution >= 4 is 33.8 Å². The molecule has 0 radical (unpaired) electrons. The molecule has 0 aromatic heterocycles. The molecule has 1 aromatic rings. The number of benzene rings is 1. The van der Waals surface area contributed by atoms with Crippen molar-refractivity contribution in [1.82, 2.24) is 10.0 Å². The van der Waals surface area contributed by atoms with Crippen molar-refractivity contribution < 1.29 is 13.2 Å². The maximum atomic E-state index is 12.7.